The van der Waals surface area contributed by atoms with Gasteiger partial charge in [0.1, 0.15) is 10.7 Å². The van der Waals surface area contributed by atoms with Crippen molar-refractivity contribution in [1.82, 2.24) is 19.8 Å². The Balaban J connectivity index is 0.00000280. The summed E-state index contributed by atoms with van der Waals surface area (Å²) in [4.78, 5) is 37.5. The number of halogens is 1. The zero-order chi connectivity index (χ0) is 19.7. The van der Waals surface area contributed by atoms with E-state index in [4.69, 9.17) is 10.1 Å². The van der Waals surface area contributed by atoms with Gasteiger partial charge in [-0.1, -0.05) is 0 Å². The van der Waals surface area contributed by atoms with Gasteiger partial charge in [0.25, 0.3) is 5.56 Å². The molecule has 9 heteroatoms. The summed E-state index contributed by atoms with van der Waals surface area (Å²) < 4.78 is 0. The van der Waals surface area contributed by atoms with Crippen LogP contribution in [0.3, 0.4) is 0 Å². The van der Waals surface area contributed by atoms with E-state index < -0.39 is 5.97 Å². The first kappa shape index (κ1) is 22.8. The minimum absolute atomic E-state index is 0. The molecule has 1 aliphatic heterocycles. The summed E-state index contributed by atoms with van der Waals surface area (Å²) in [5, 5.41) is 9.72. The number of aromatic nitrogens is 2. The third-order valence-electron chi connectivity index (χ3n) is 5.74. The van der Waals surface area contributed by atoms with Crippen LogP contribution < -0.4 is 5.56 Å². The highest BCUT2D eigenvalue weighted by Crippen LogP contribution is 2.28. The van der Waals surface area contributed by atoms with Gasteiger partial charge in [-0.25, -0.2) is 4.98 Å². The molecule has 7 nitrogen and oxygen atoms in total. The fraction of sp³-hybridized carbons (Fsp3) is 0.632. The zero-order valence-corrected chi connectivity index (χ0v) is 18.5. The number of aliphatic carboxylic acids is 1. The van der Waals surface area contributed by atoms with Crippen molar-refractivity contribution in [2.75, 3.05) is 26.7 Å². The number of likely N-dealkylation sites (N-methyl/N-ethyl adjacent to an activating group) is 1. The first-order valence-corrected chi connectivity index (χ1v) is 10.3. The largest absolute Gasteiger partial charge is 0.480 e. The smallest absolute Gasteiger partial charge is 0.317 e. The molecule has 0 aromatic carbocycles. The van der Waals surface area contributed by atoms with Gasteiger partial charge in [-0.15, -0.1) is 23.7 Å². The highest BCUT2D eigenvalue weighted by molar-refractivity contribution is 7.18. The maximum atomic E-state index is 12.6. The molecule has 2 aromatic rings. The Labute approximate surface area is 175 Å². The standard InChI is InChI=1S/C19H28N4O3S.ClH/c1-11-13(3)27-19-16(11)18(26)20-17(21-19)12(2)23-8-5-6-14(7-9-23)22(4)10-15(24)25;/h12,14H,5-10H2,1-4H3,(H,24,25)(H,20,21,26);1H. The maximum absolute atomic E-state index is 12.6. The van der Waals surface area contributed by atoms with E-state index >= 15 is 0 Å². The third-order valence-corrected chi connectivity index (χ3v) is 6.84. The summed E-state index contributed by atoms with van der Waals surface area (Å²) in [5.41, 5.74) is 0.958. The molecule has 2 unspecified atom stereocenters. The summed E-state index contributed by atoms with van der Waals surface area (Å²) in [6.07, 6.45) is 2.90. The molecule has 0 bridgehead atoms. The number of hydrogen-bond donors (Lipinski definition) is 2. The molecule has 2 aromatic heterocycles. The van der Waals surface area contributed by atoms with E-state index in [9.17, 15) is 9.59 Å². The lowest BCUT2D eigenvalue weighted by atomic mass is 10.1. The number of hydrogen-bond acceptors (Lipinski definition) is 6. The molecule has 1 aliphatic rings. The number of aryl methyl sites for hydroxylation is 2. The minimum atomic E-state index is -0.788. The molecule has 1 fully saturated rings. The van der Waals surface area contributed by atoms with E-state index in [2.05, 4.69) is 16.8 Å². The van der Waals surface area contributed by atoms with Crippen molar-refractivity contribution in [3.8, 4) is 0 Å². The number of thiophene rings is 1. The van der Waals surface area contributed by atoms with Crippen molar-refractivity contribution in [3.63, 3.8) is 0 Å². The Morgan fingerprint density at radius 1 is 1.39 bits per heavy atom. The van der Waals surface area contributed by atoms with Crippen molar-refractivity contribution >= 4 is 39.9 Å². The van der Waals surface area contributed by atoms with Crippen LogP contribution in [0.25, 0.3) is 10.2 Å². The molecule has 28 heavy (non-hydrogen) atoms. The van der Waals surface area contributed by atoms with Gasteiger partial charge < -0.3 is 10.1 Å². The average Bonchev–Trinajstić information content (AvgIpc) is 2.77. The zero-order valence-electron chi connectivity index (χ0n) is 16.8. The predicted octanol–water partition coefficient (Wildman–Crippen LogP) is 2.96. The van der Waals surface area contributed by atoms with Crippen molar-refractivity contribution in [2.24, 2.45) is 0 Å². The normalized spacial score (nSPS) is 19.4. The molecule has 0 aliphatic carbocycles. The molecule has 0 radical (unpaired) electrons. The van der Waals surface area contributed by atoms with Gasteiger partial charge in [-0.05, 0) is 59.2 Å². The van der Waals surface area contributed by atoms with E-state index in [0.29, 0.717) is 11.2 Å². The van der Waals surface area contributed by atoms with Crippen LogP contribution >= 0.6 is 23.7 Å². The van der Waals surface area contributed by atoms with Crippen molar-refractivity contribution in [1.29, 1.82) is 0 Å². The van der Waals surface area contributed by atoms with E-state index in [1.165, 1.54) is 0 Å². The quantitative estimate of drug-likeness (QED) is 0.760. The van der Waals surface area contributed by atoms with Crippen LogP contribution in [-0.4, -0.2) is 63.6 Å². The van der Waals surface area contributed by atoms with Gasteiger partial charge in [-0.3, -0.25) is 19.4 Å². The number of carboxylic acid groups (broad SMARTS) is 1. The second-order valence-electron chi connectivity index (χ2n) is 7.52. The van der Waals surface area contributed by atoms with Gasteiger partial charge in [0.05, 0.1) is 18.0 Å². The molecule has 0 amide bonds. The van der Waals surface area contributed by atoms with Gasteiger partial charge in [-0.2, -0.15) is 0 Å². The highest BCUT2D eigenvalue weighted by Gasteiger charge is 2.26. The lowest BCUT2D eigenvalue weighted by molar-refractivity contribution is -0.138. The van der Waals surface area contributed by atoms with Gasteiger partial charge in [0.2, 0.25) is 0 Å². The number of fused-ring (bicyclic) bond motifs is 1. The van der Waals surface area contributed by atoms with Crippen LogP contribution in [0.4, 0.5) is 0 Å². The average molecular weight is 429 g/mol. The third kappa shape index (κ3) is 4.74. The monoisotopic (exact) mass is 428 g/mol. The number of nitrogens with one attached hydrogen (secondary N) is 1. The van der Waals surface area contributed by atoms with Crippen molar-refractivity contribution in [2.45, 2.75) is 52.1 Å². The Hall–Kier alpha value is -1.48. The second-order valence-corrected chi connectivity index (χ2v) is 8.72. The van der Waals surface area contributed by atoms with Crippen LogP contribution in [0, 0.1) is 13.8 Å². The summed E-state index contributed by atoms with van der Waals surface area (Å²) >= 11 is 1.57. The van der Waals surface area contributed by atoms with Gasteiger partial charge in [0.15, 0.2) is 0 Å². The molecule has 156 valence electrons. The lowest BCUT2D eigenvalue weighted by Gasteiger charge is -2.28. The Kier molecular flexibility index (Phi) is 7.61. The lowest BCUT2D eigenvalue weighted by Crippen LogP contribution is -2.37. The summed E-state index contributed by atoms with van der Waals surface area (Å²) in [6, 6.07) is 0.295. The van der Waals surface area contributed by atoms with Crippen molar-refractivity contribution in [3.05, 3.63) is 26.6 Å². The Morgan fingerprint density at radius 3 is 2.79 bits per heavy atom. The SMILES string of the molecule is Cc1sc2nc(C(C)N3CCCC(N(C)CC(=O)O)CC3)[nH]c(=O)c2c1C.Cl. The number of nitrogens with zero attached hydrogens (tertiary/aromatic N) is 3. The number of H-pyrrole nitrogens is 1. The number of carboxylic acids is 1. The van der Waals surface area contributed by atoms with Crippen LogP contribution in [0.2, 0.25) is 0 Å². The van der Waals surface area contributed by atoms with Gasteiger partial charge in [0, 0.05) is 17.5 Å². The van der Waals surface area contributed by atoms with E-state index in [1.807, 2.05) is 25.8 Å². The molecule has 0 saturated carbocycles. The van der Waals surface area contributed by atoms with Crippen LogP contribution in [-0.2, 0) is 4.79 Å². The van der Waals surface area contributed by atoms with Crippen LogP contribution in [0.1, 0.15) is 48.5 Å². The number of rotatable bonds is 5. The summed E-state index contributed by atoms with van der Waals surface area (Å²) in [5.74, 6) is -0.0744. The molecular formula is C19H29ClN4O3S. The molecule has 1 saturated heterocycles. The Morgan fingerprint density at radius 2 is 2.11 bits per heavy atom. The maximum Gasteiger partial charge on any atom is 0.317 e. The number of aromatic amines is 1. The molecule has 2 atom stereocenters. The summed E-state index contributed by atoms with van der Waals surface area (Å²) in [6.45, 7) is 7.92. The van der Waals surface area contributed by atoms with Gasteiger partial charge >= 0.3 is 5.97 Å². The van der Waals surface area contributed by atoms with E-state index in [-0.39, 0.29) is 36.6 Å². The number of carbonyl (C=O) groups is 1. The number of likely N-dealkylation sites (tertiary alicyclic amines) is 1. The summed E-state index contributed by atoms with van der Waals surface area (Å²) in [7, 11) is 1.88. The highest BCUT2D eigenvalue weighted by atomic mass is 35.5. The molecule has 2 N–H and O–H groups in total. The topological polar surface area (TPSA) is 89.5 Å². The van der Waals surface area contributed by atoms with E-state index in [0.717, 1.165) is 47.6 Å². The first-order chi connectivity index (χ1) is 12.8. The molecule has 3 heterocycles. The minimum Gasteiger partial charge on any atom is -0.480 e. The molecule has 3 rings (SSSR count). The Bertz CT molecular complexity index is 897. The predicted molar refractivity (Wildman–Crippen MR) is 115 cm³/mol. The van der Waals surface area contributed by atoms with E-state index in [1.54, 1.807) is 11.3 Å². The molecular weight excluding hydrogens is 400 g/mol. The van der Waals surface area contributed by atoms with Crippen molar-refractivity contribution < 1.29 is 9.90 Å². The second kappa shape index (κ2) is 9.35. The van der Waals surface area contributed by atoms with Crippen LogP contribution in [0.15, 0.2) is 4.79 Å². The van der Waals surface area contributed by atoms with Crippen LogP contribution in [0.5, 0.6) is 0 Å². The fourth-order valence-electron chi connectivity index (χ4n) is 3.91. The fourth-order valence-corrected chi connectivity index (χ4v) is 4.95. The first-order valence-electron chi connectivity index (χ1n) is 9.44. The molecule has 0 spiro atoms.